The number of sulfonamides is 1. The third-order valence-electron chi connectivity index (χ3n) is 5.85. The molecule has 0 radical (unpaired) electrons. The fourth-order valence-electron chi connectivity index (χ4n) is 4.56. The Morgan fingerprint density at radius 3 is 2.80 bits per heavy atom. The van der Waals surface area contributed by atoms with Crippen LogP contribution in [0.4, 0.5) is 5.69 Å². The van der Waals surface area contributed by atoms with E-state index in [1.165, 1.54) is 24.3 Å². The van der Waals surface area contributed by atoms with Crippen LogP contribution in [0.5, 0.6) is 0 Å². The minimum Gasteiger partial charge on any atom is -0.481 e. The molecular formula is C21H26N2O6S. The summed E-state index contributed by atoms with van der Waals surface area (Å²) in [4.78, 5) is 20.9. The highest BCUT2D eigenvalue weighted by molar-refractivity contribution is 7.92. The summed E-state index contributed by atoms with van der Waals surface area (Å²) in [5.74, 6) is 0.252. The highest BCUT2D eigenvalue weighted by Crippen LogP contribution is 2.49. The van der Waals surface area contributed by atoms with Crippen molar-refractivity contribution in [1.82, 2.24) is 4.72 Å². The van der Waals surface area contributed by atoms with Gasteiger partial charge in [0.25, 0.3) is 5.69 Å². The van der Waals surface area contributed by atoms with Gasteiger partial charge < -0.3 is 5.11 Å². The summed E-state index contributed by atoms with van der Waals surface area (Å²) in [6.07, 6.45) is 9.82. The zero-order chi connectivity index (χ0) is 21.7. The molecule has 1 aromatic carbocycles. The van der Waals surface area contributed by atoms with E-state index in [0.717, 1.165) is 24.7 Å². The number of aliphatic carboxylic acids is 1. The van der Waals surface area contributed by atoms with Crippen LogP contribution in [0.15, 0.2) is 41.8 Å². The minimum atomic E-state index is -3.67. The van der Waals surface area contributed by atoms with Crippen LogP contribution in [-0.2, 0) is 14.8 Å². The number of nitro benzene ring substituents is 1. The van der Waals surface area contributed by atoms with Gasteiger partial charge in [0, 0.05) is 30.0 Å². The van der Waals surface area contributed by atoms with Crippen molar-refractivity contribution in [3.05, 3.63) is 57.5 Å². The summed E-state index contributed by atoms with van der Waals surface area (Å²) in [7, 11) is -3.67. The van der Waals surface area contributed by atoms with Gasteiger partial charge in [-0.3, -0.25) is 14.9 Å². The fraction of sp³-hybridized carbons (Fsp3) is 0.476. The molecule has 2 N–H and O–H groups in total. The number of carboxylic acids is 1. The van der Waals surface area contributed by atoms with Crippen LogP contribution in [-0.4, -0.2) is 30.5 Å². The average Bonchev–Trinajstić information content (AvgIpc) is 3.25. The van der Waals surface area contributed by atoms with E-state index in [4.69, 9.17) is 5.11 Å². The van der Waals surface area contributed by atoms with Crippen molar-refractivity contribution in [2.75, 3.05) is 0 Å². The van der Waals surface area contributed by atoms with E-state index in [2.05, 4.69) is 10.8 Å². The SMILES string of the molecule is O=C(O)CCC/C=C/C1CC2CC(NS(=O)(=O)/C=C/c3cccc([N+](=O)[O-])c3)C1C2. The van der Waals surface area contributed by atoms with Crippen molar-refractivity contribution in [2.45, 2.75) is 44.6 Å². The molecule has 3 rings (SSSR count). The topological polar surface area (TPSA) is 127 Å². The molecule has 0 aliphatic heterocycles. The normalized spacial score (nSPS) is 26.0. The predicted octanol–water partition coefficient (Wildman–Crippen LogP) is 3.71. The zero-order valence-electron chi connectivity index (χ0n) is 16.5. The standard InChI is InChI=1S/C21H26N2O6S/c24-21(25)8-3-1-2-6-17-11-16-13-19(17)20(14-16)22-30(28,29)10-9-15-5-4-7-18(12-15)23(26)27/h2,4-7,9-10,12,16-17,19-20,22H,1,3,8,11,13-14H2,(H,24,25)/b6-2+,10-9+. The number of rotatable bonds is 10. The van der Waals surface area contributed by atoms with Gasteiger partial charge in [0.15, 0.2) is 0 Å². The number of carboxylic acid groups (broad SMARTS) is 1. The first kappa shape index (κ1) is 22.2. The lowest BCUT2D eigenvalue weighted by Crippen LogP contribution is -2.40. The summed E-state index contributed by atoms with van der Waals surface area (Å²) in [6, 6.07) is 5.68. The van der Waals surface area contributed by atoms with Crippen molar-refractivity contribution < 1.29 is 23.2 Å². The Labute approximate surface area is 175 Å². The number of nitrogens with one attached hydrogen (secondary N) is 1. The van der Waals surface area contributed by atoms with Crippen LogP contribution in [0.25, 0.3) is 6.08 Å². The second kappa shape index (κ2) is 9.53. The molecule has 0 amide bonds. The highest BCUT2D eigenvalue weighted by atomic mass is 32.2. The number of unbranched alkanes of at least 4 members (excludes halogenated alkanes) is 1. The van der Waals surface area contributed by atoms with Gasteiger partial charge in [-0.1, -0.05) is 24.3 Å². The van der Waals surface area contributed by atoms with E-state index in [9.17, 15) is 23.3 Å². The first-order valence-corrected chi connectivity index (χ1v) is 11.6. The quantitative estimate of drug-likeness (QED) is 0.250. The number of nitrogens with zero attached hydrogens (tertiary/aromatic N) is 1. The molecule has 2 fully saturated rings. The van der Waals surface area contributed by atoms with E-state index in [0.29, 0.717) is 30.2 Å². The molecule has 4 atom stereocenters. The molecule has 2 saturated carbocycles. The minimum absolute atomic E-state index is 0.0893. The predicted molar refractivity (Wildman–Crippen MR) is 113 cm³/mol. The number of non-ortho nitro benzene ring substituents is 1. The molecule has 2 aliphatic carbocycles. The Kier molecular flexibility index (Phi) is 7.04. The maximum Gasteiger partial charge on any atom is 0.303 e. The Hall–Kier alpha value is -2.52. The van der Waals surface area contributed by atoms with Gasteiger partial charge >= 0.3 is 5.97 Å². The zero-order valence-corrected chi connectivity index (χ0v) is 17.3. The molecular weight excluding hydrogens is 408 g/mol. The van der Waals surface area contributed by atoms with Crippen molar-refractivity contribution in [1.29, 1.82) is 0 Å². The average molecular weight is 435 g/mol. The first-order chi connectivity index (χ1) is 14.2. The third-order valence-corrected chi connectivity index (χ3v) is 6.97. The van der Waals surface area contributed by atoms with Gasteiger partial charge in [-0.05, 0) is 61.5 Å². The Bertz CT molecular complexity index is 956. The molecule has 2 aliphatic rings. The number of hydrogen-bond acceptors (Lipinski definition) is 5. The Morgan fingerprint density at radius 1 is 1.30 bits per heavy atom. The summed E-state index contributed by atoms with van der Waals surface area (Å²) >= 11 is 0. The van der Waals surface area contributed by atoms with Gasteiger partial charge in [0.05, 0.1) is 4.92 Å². The molecule has 2 bridgehead atoms. The number of carbonyl (C=O) groups is 1. The smallest absolute Gasteiger partial charge is 0.303 e. The van der Waals surface area contributed by atoms with E-state index in [-0.39, 0.29) is 24.1 Å². The van der Waals surface area contributed by atoms with Crippen LogP contribution in [0.1, 0.15) is 44.1 Å². The Balaban J connectivity index is 1.57. The second-order valence-corrected chi connectivity index (χ2v) is 9.64. The number of nitro groups is 1. The van der Waals surface area contributed by atoms with E-state index in [1.54, 1.807) is 6.07 Å². The fourth-order valence-corrected chi connectivity index (χ4v) is 5.67. The van der Waals surface area contributed by atoms with Crippen LogP contribution < -0.4 is 4.72 Å². The van der Waals surface area contributed by atoms with E-state index in [1.807, 2.05) is 6.08 Å². The van der Waals surface area contributed by atoms with Crippen LogP contribution in [0, 0.1) is 27.9 Å². The van der Waals surface area contributed by atoms with Gasteiger partial charge in [-0.2, -0.15) is 0 Å². The maximum atomic E-state index is 12.5. The number of benzene rings is 1. The van der Waals surface area contributed by atoms with Gasteiger partial charge in [0.2, 0.25) is 10.0 Å². The summed E-state index contributed by atoms with van der Waals surface area (Å²) in [5, 5.41) is 20.6. The second-order valence-electron chi connectivity index (χ2n) is 8.04. The molecule has 0 saturated heterocycles. The molecule has 162 valence electrons. The number of allylic oxidation sites excluding steroid dienone is 2. The Morgan fingerprint density at radius 2 is 2.10 bits per heavy atom. The molecule has 30 heavy (non-hydrogen) atoms. The molecule has 0 aromatic heterocycles. The lowest BCUT2D eigenvalue weighted by Gasteiger charge is -2.27. The first-order valence-electron chi connectivity index (χ1n) is 10.1. The summed E-state index contributed by atoms with van der Waals surface area (Å²) in [5.41, 5.74) is 0.360. The van der Waals surface area contributed by atoms with E-state index >= 15 is 0 Å². The van der Waals surface area contributed by atoms with Crippen LogP contribution >= 0.6 is 0 Å². The third kappa shape index (κ3) is 5.99. The molecule has 4 unspecified atom stereocenters. The molecule has 8 nitrogen and oxygen atoms in total. The highest BCUT2D eigenvalue weighted by Gasteiger charge is 2.46. The summed E-state index contributed by atoms with van der Waals surface area (Å²) < 4.78 is 27.8. The van der Waals surface area contributed by atoms with Gasteiger partial charge in [-0.25, -0.2) is 13.1 Å². The lowest BCUT2D eigenvalue weighted by atomic mass is 9.85. The largest absolute Gasteiger partial charge is 0.481 e. The molecule has 0 spiro atoms. The maximum absolute atomic E-state index is 12.5. The lowest BCUT2D eigenvalue weighted by molar-refractivity contribution is -0.384. The van der Waals surface area contributed by atoms with Crippen molar-refractivity contribution >= 4 is 27.8 Å². The molecule has 1 aromatic rings. The summed E-state index contributed by atoms with van der Waals surface area (Å²) in [6.45, 7) is 0. The monoisotopic (exact) mass is 434 g/mol. The van der Waals surface area contributed by atoms with Gasteiger partial charge in [0.1, 0.15) is 0 Å². The molecule has 9 heteroatoms. The van der Waals surface area contributed by atoms with Crippen LogP contribution in [0.2, 0.25) is 0 Å². The molecule has 0 heterocycles. The number of fused-ring (bicyclic) bond motifs is 2. The van der Waals surface area contributed by atoms with Gasteiger partial charge in [-0.15, -0.1) is 0 Å². The van der Waals surface area contributed by atoms with Crippen LogP contribution in [0.3, 0.4) is 0 Å². The van der Waals surface area contributed by atoms with Crippen molar-refractivity contribution in [3.8, 4) is 0 Å². The van der Waals surface area contributed by atoms with Crippen molar-refractivity contribution in [2.24, 2.45) is 17.8 Å². The number of hydrogen-bond donors (Lipinski definition) is 2. The van der Waals surface area contributed by atoms with Crippen molar-refractivity contribution in [3.63, 3.8) is 0 Å². The van der Waals surface area contributed by atoms with E-state index < -0.39 is 20.9 Å².